The second-order valence-electron chi connectivity index (χ2n) is 4.64. The molecule has 1 unspecified atom stereocenters. The van der Waals surface area contributed by atoms with E-state index in [4.69, 9.17) is 4.74 Å². The van der Waals surface area contributed by atoms with Crippen LogP contribution in [0.15, 0.2) is 24.4 Å². The van der Waals surface area contributed by atoms with Crippen molar-refractivity contribution in [3.8, 4) is 5.75 Å². The maximum Gasteiger partial charge on any atom is 0.161 e. The van der Waals surface area contributed by atoms with Gasteiger partial charge in [0.1, 0.15) is 11.5 Å². The molecule has 2 rings (SSSR count). The first-order valence-electron chi connectivity index (χ1n) is 6.65. The Kier molecular flexibility index (Phi) is 4.39. The zero-order chi connectivity index (χ0) is 14.7. The molecule has 0 saturated carbocycles. The van der Waals surface area contributed by atoms with Crippen LogP contribution in [-0.2, 0) is 6.54 Å². The van der Waals surface area contributed by atoms with Crippen molar-refractivity contribution in [3.05, 3.63) is 47.0 Å². The number of aromatic nitrogens is 2. The number of ether oxygens (including phenoxy) is 1. The van der Waals surface area contributed by atoms with Gasteiger partial charge in [-0.05, 0) is 44.2 Å². The molecule has 0 aliphatic carbocycles. The third-order valence-electron chi connectivity index (χ3n) is 3.48. The number of nitrogens with zero attached hydrogens (tertiary/aromatic N) is 2. The van der Waals surface area contributed by atoms with Gasteiger partial charge in [-0.15, -0.1) is 0 Å². The smallest absolute Gasteiger partial charge is 0.161 e. The first-order valence-corrected chi connectivity index (χ1v) is 6.65. The Bertz CT molecular complexity index is 573. The number of rotatable bonds is 5. The SMILES string of the molecule is CCn1ncc(OC)c1C(NC)c1cc(F)ccc1C. The summed E-state index contributed by atoms with van der Waals surface area (Å²) in [7, 11) is 3.47. The predicted molar refractivity (Wildman–Crippen MR) is 76.5 cm³/mol. The topological polar surface area (TPSA) is 39.1 Å². The number of methoxy groups -OCH3 is 1. The van der Waals surface area contributed by atoms with Crippen molar-refractivity contribution in [2.24, 2.45) is 0 Å². The lowest BCUT2D eigenvalue weighted by molar-refractivity contribution is 0.401. The van der Waals surface area contributed by atoms with Gasteiger partial charge in [-0.1, -0.05) is 6.07 Å². The second kappa shape index (κ2) is 6.05. The van der Waals surface area contributed by atoms with Crippen molar-refractivity contribution in [1.29, 1.82) is 0 Å². The number of halogens is 1. The van der Waals surface area contributed by atoms with Crippen LogP contribution in [0.4, 0.5) is 4.39 Å². The van der Waals surface area contributed by atoms with Crippen molar-refractivity contribution in [3.63, 3.8) is 0 Å². The fraction of sp³-hybridized carbons (Fsp3) is 0.400. The molecule has 1 aromatic heterocycles. The van der Waals surface area contributed by atoms with E-state index in [0.717, 1.165) is 23.4 Å². The van der Waals surface area contributed by atoms with Gasteiger partial charge in [0.15, 0.2) is 5.75 Å². The van der Waals surface area contributed by atoms with Crippen LogP contribution in [0.2, 0.25) is 0 Å². The molecule has 0 radical (unpaired) electrons. The molecule has 1 N–H and O–H groups in total. The summed E-state index contributed by atoms with van der Waals surface area (Å²) in [6, 6.07) is 4.65. The fourth-order valence-corrected chi connectivity index (χ4v) is 2.44. The number of hydrogen-bond donors (Lipinski definition) is 1. The molecular weight excluding hydrogens is 257 g/mol. The molecule has 5 heteroatoms. The molecule has 20 heavy (non-hydrogen) atoms. The highest BCUT2D eigenvalue weighted by molar-refractivity contribution is 5.40. The van der Waals surface area contributed by atoms with Crippen LogP contribution in [0.1, 0.15) is 29.8 Å². The van der Waals surface area contributed by atoms with Gasteiger partial charge in [0.2, 0.25) is 0 Å². The molecule has 0 fully saturated rings. The minimum atomic E-state index is -0.243. The number of nitrogens with one attached hydrogen (secondary N) is 1. The van der Waals surface area contributed by atoms with E-state index in [0.29, 0.717) is 5.75 Å². The molecule has 2 aromatic rings. The van der Waals surface area contributed by atoms with E-state index in [2.05, 4.69) is 10.4 Å². The third-order valence-corrected chi connectivity index (χ3v) is 3.48. The van der Waals surface area contributed by atoms with Crippen LogP contribution in [0, 0.1) is 12.7 Å². The van der Waals surface area contributed by atoms with E-state index in [1.807, 2.05) is 25.6 Å². The standard InChI is InChI=1S/C15H20FN3O/c1-5-19-15(13(20-4)9-18-19)14(17-3)12-8-11(16)7-6-10(12)2/h6-9,14,17H,5H2,1-4H3. The van der Waals surface area contributed by atoms with Gasteiger partial charge < -0.3 is 10.1 Å². The lowest BCUT2D eigenvalue weighted by Crippen LogP contribution is -2.23. The van der Waals surface area contributed by atoms with Crippen LogP contribution >= 0.6 is 0 Å². The van der Waals surface area contributed by atoms with Crippen LogP contribution in [0.3, 0.4) is 0 Å². The molecule has 0 aliphatic heterocycles. The number of hydrogen-bond acceptors (Lipinski definition) is 3. The van der Waals surface area contributed by atoms with E-state index in [9.17, 15) is 4.39 Å². The van der Waals surface area contributed by atoms with Crippen molar-refractivity contribution in [2.75, 3.05) is 14.2 Å². The van der Waals surface area contributed by atoms with Gasteiger partial charge in [0.25, 0.3) is 0 Å². The molecule has 0 amide bonds. The van der Waals surface area contributed by atoms with Gasteiger partial charge >= 0.3 is 0 Å². The van der Waals surface area contributed by atoms with Crippen molar-refractivity contribution < 1.29 is 9.13 Å². The van der Waals surface area contributed by atoms with Crippen LogP contribution < -0.4 is 10.1 Å². The summed E-state index contributed by atoms with van der Waals surface area (Å²) in [6.45, 7) is 4.71. The Morgan fingerprint density at radius 1 is 1.45 bits per heavy atom. The largest absolute Gasteiger partial charge is 0.493 e. The quantitative estimate of drug-likeness (QED) is 0.913. The zero-order valence-corrected chi connectivity index (χ0v) is 12.3. The number of aryl methyl sites for hydroxylation is 2. The van der Waals surface area contributed by atoms with Gasteiger partial charge in [0.05, 0.1) is 19.3 Å². The average Bonchev–Trinajstić information content (AvgIpc) is 2.86. The summed E-state index contributed by atoms with van der Waals surface area (Å²) >= 11 is 0. The lowest BCUT2D eigenvalue weighted by atomic mass is 9.98. The van der Waals surface area contributed by atoms with E-state index < -0.39 is 0 Å². The molecule has 0 saturated heterocycles. The summed E-state index contributed by atoms with van der Waals surface area (Å²) in [4.78, 5) is 0. The maximum atomic E-state index is 13.6. The zero-order valence-electron chi connectivity index (χ0n) is 12.3. The molecule has 4 nitrogen and oxygen atoms in total. The fourth-order valence-electron chi connectivity index (χ4n) is 2.44. The Hall–Kier alpha value is -1.88. The van der Waals surface area contributed by atoms with E-state index in [-0.39, 0.29) is 11.9 Å². The summed E-state index contributed by atoms with van der Waals surface area (Å²) in [6.07, 6.45) is 1.69. The highest BCUT2D eigenvalue weighted by Crippen LogP contribution is 2.31. The summed E-state index contributed by atoms with van der Waals surface area (Å²) in [5, 5.41) is 7.54. The third kappa shape index (κ3) is 2.54. The molecule has 0 aliphatic rings. The molecule has 1 atom stereocenters. The minimum Gasteiger partial charge on any atom is -0.493 e. The Morgan fingerprint density at radius 2 is 2.20 bits per heavy atom. The first kappa shape index (κ1) is 14.5. The van der Waals surface area contributed by atoms with E-state index >= 15 is 0 Å². The van der Waals surface area contributed by atoms with Gasteiger partial charge in [-0.25, -0.2) is 4.39 Å². The number of benzene rings is 1. The van der Waals surface area contributed by atoms with Crippen molar-refractivity contribution in [2.45, 2.75) is 26.4 Å². The Balaban J connectivity index is 2.57. The monoisotopic (exact) mass is 277 g/mol. The van der Waals surface area contributed by atoms with Gasteiger partial charge in [-0.3, -0.25) is 4.68 Å². The molecule has 0 bridgehead atoms. The normalized spacial score (nSPS) is 12.4. The van der Waals surface area contributed by atoms with E-state index in [1.165, 1.54) is 6.07 Å². The highest BCUT2D eigenvalue weighted by atomic mass is 19.1. The molecule has 1 aromatic carbocycles. The highest BCUT2D eigenvalue weighted by Gasteiger charge is 2.23. The molecular formula is C15H20FN3O. The molecule has 108 valence electrons. The van der Waals surface area contributed by atoms with E-state index in [1.54, 1.807) is 25.4 Å². The molecule has 0 spiro atoms. The Labute approximate surface area is 118 Å². The van der Waals surface area contributed by atoms with Crippen LogP contribution in [-0.4, -0.2) is 23.9 Å². The lowest BCUT2D eigenvalue weighted by Gasteiger charge is -2.21. The maximum absolute atomic E-state index is 13.6. The predicted octanol–water partition coefficient (Wildman–Crippen LogP) is 2.67. The van der Waals surface area contributed by atoms with Crippen LogP contribution in [0.5, 0.6) is 5.75 Å². The Morgan fingerprint density at radius 3 is 2.80 bits per heavy atom. The second-order valence-corrected chi connectivity index (χ2v) is 4.64. The van der Waals surface area contributed by atoms with Gasteiger partial charge in [0, 0.05) is 6.54 Å². The summed E-state index contributed by atoms with van der Waals surface area (Å²) in [5.41, 5.74) is 2.82. The van der Waals surface area contributed by atoms with Gasteiger partial charge in [-0.2, -0.15) is 5.10 Å². The summed E-state index contributed by atoms with van der Waals surface area (Å²) < 4.78 is 20.8. The molecule has 1 heterocycles. The average molecular weight is 277 g/mol. The summed E-state index contributed by atoms with van der Waals surface area (Å²) in [5.74, 6) is 0.460. The van der Waals surface area contributed by atoms with Crippen molar-refractivity contribution >= 4 is 0 Å². The first-order chi connectivity index (χ1) is 9.62. The van der Waals surface area contributed by atoms with Crippen molar-refractivity contribution in [1.82, 2.24) is 15.1 Å². The van der Waals surface area contributed by atoms with Crippen LogP contribution in [0.25, 0.3) is 0 Å². The minimum absolute atomic E-state index is 0.164.